The molecule has 1 aliphatic rings. The zero-order valence-electron chi connectivity index (χ0n) is 14.3. The van der Waals surface area contributed by atoms with Gasteiger partial charge in [0.2, 0.25) is 5.91 Å². The third-order valence-corrected chi connectivity index (χ3v) is 6.51. The monoisotopic (exact) mass is 399 g/mol. The van der Waals surface area contributed by atoms with Crippen LogP contribution >= 0.6 is 22.7 Å². The summed E-state index contributed by atoms with van der Waals surface area (Å²) in [6.45, 7) is 1.10. The van der Waals surface area contributed by atoms with Crippen LogP contribution in [0.4, 0.5) is 11.4 Å². The number of benzene rings is 1. The van der Waals surface area contributed by atoms with Crippen molar-refractivity contribution in [2.75, 3.05) is 18.4 Å². The van der Waals surface area contributed by atoms with E-state index in [0.29, 0.717) is 5.69 Å². The van der Waals surface area contributed by atoms with E-state index in [0.717, 1.165) is 13.0 Å². The Labute approximate surface area is 164 Å². The molecule has 1 atom stereocenters. The Morgan fingerprint density at radius 1 is 1.19 bits per heavy atom. The Bertz CT molecular complexity index is 951. The van der Waals surface area contributed by atoms with Crippen LogP contribution in [0.1, 0.15) is 21.4 Å². The average Bonchev–Trinajstić information content (AvgIpc) is 3.33. The lowest BCUT2D eigenvalue weighted by atomic mass is 9.98. The summed E-state index contributed by atoms with van der Waals surface area (Å²) >= 11 is 3.48. The molecule has 0 bridgehead atoms. The molecule has 0 aliphatic carbocycles. The van der Waals surface area contributed by atoms with E-state index in [2.05, 4.69) is 33.1 Å². The summed E-state index contributed by atoms with van der Waals surface area (Å²) in [5.74, 6) is -0.121. The van der Waals surface area contributed by atoms with Crippen LogP contribution in [0.2, 0.25) is 0 Å². The molecule has 1 N–H and O–H groups in total. The van der Waals surface area contributed by atoms with Crippen molar-refractivity contribution in [3.63, 3.8) is 0 Å². The van der Waals surface area contributed by atoms with Gasteiger partial charge in [0.1, 0.15) is 0 Å². The van der Waals surface area contributed by atoms with Gasteiger partial charge < -0.3 is 5.32 Å². The van der Waals surface area contributed by atoms with Crippen molar-refractivity contribution >= 4 is 40.0 Å². The van der Waals surface area contributed by atoms with Crippen molar-refractivity contribution in [3.8, 4) is 0 Å². The molecular formula is C19H17N3O3S2. The summed E-state index contributed by atoms with van der Waals surface area (Å²) in [6.07, 6.45) is 0.944. The number of carbonyl (C=O) groups is 1. The minimum absolute atomic E-state index is 0.00627. The topological polar surface area (TPSA) is 75.5 Å². The van der Waals surface area contributed by atoms with Crippen LogP contribution < -0.4 is 5.32 Å². The molecule has 4 rings (SSSR count). The molecule has 138 valence electrons. The number of nitrogens with one attached hydrogen (secondary N) is 1. The lowest BCUT2D eigenvalue weighted by Gasteiger charge is -2.34. The minimum Gasteiger partial charge on any atom is -0.325 e. The molecule has 3 heterocycles. The number of non-ortho nitro benzene ring substituents is 1. The van der Waals surface area contributed by atoms with Gasteiger partial charge in [0.05, 0.1) is 17.5 Å². The first kappa shape index (κ1) is 17.8. The van der Waals surface area contributed by atoms with Crippen molar-refractivity contribution in [1.82, 2.24) is 4.90 Å². The third kappa shape index (κ3) is 3.78. The fourth-order valence-corrected chi connectivity index (χ4v) is 5.15. The zero-order valence-corrected chi connectivity index (χ0v) is 16.0. The van der Waals surface area contributed by atoms with Gasteiger partial charge >= 0.3 is 0 Å². The number of carbonyl (C=O) groups excluding carboxylic acids is 1. The van der Waals surface area contributed by atoms with Gasteiger partial charge in [0.15, 0.2) is 0 Å². The second kappa shape index (κ2) is 7.59. The zero-order chi connectivity index (χ0) is 18.8. The van der Waals surface area contributed by atoms with Crippen LogP contribution in [0.3, 0.4) is 0 Å². The summed E-state index contributed by atoms with van der Waals surface area (Å²) in [6, 6.07) is 12.3. The van der Waals surface area contributed by atoms with Crippen LogP contribution in [-0.2, 0) is 11.2 Å². The minimum atomic E-state index is -0.455. The highest BCUT2D eigenvalue weighted by molar-refractivity contribution is 7.10. The fourth-order valence-electron chi connectivity index (χ4n) is 3.37. The van der Waals surface area contributed by atoms with Gasteiger partial charge in [0, 0.05) is 34.1 Å². The number of amides is 1. The highest BCUT2D eigenvalue weighted by Crippen LogP contribution is 2.39. The van der Waals surface area contributed by atoms with Gasteiger partial charge in [-0.15, -0.1) is 22.7 Å². The highest BCUT2D eigenvalue weighted by Gasteiger charge is 2.31. The predicted octanol–water partition coefficient (Wildman–Crippen LogP) is 4.30. The summed E-state index contributed by atoms with van der Waals surface area (Å²) in [7, 11) is 0. The maximum Gasteiger partial charge on any atom is 0.269 e. The Morgan fingerprint density at radius 3 is 2.70 bits per heavy atom. The maximum absolute atomic E-state index is 12.6. The predicted molar refractivity (Wildman–Crippen MR) is 107 cm³/mol. The number of nitro groups is 1. The first-order chi connectivity index (χ1) is 13.1. The molecular weight excluding hydrogens is 382 g/mol. The second-order valence-electron chi connectivity index (χ2n) is 6.29. The molecule has 1 aromatic carbocycles. The summed E-state index contributed by atoms with van der Waals surface area (Å²) in [5.41, 5.74) is 1.86. The van der Waals surface area contributed by atoms with Crippen LogP contribution in [-0.4, -0.2) is 28.8 Å². The van der Waals surface area contributed by atoms with Crippen LogP contribution in [0.25, 0.3) is 0 Å². The fraction of sp³-hybridized carbons (Fsp3) is 0.211. The molecule has 0 fully saturated rings. The first-order valence-corrected chi connectivity index (χ1v) is 10.3. The number of nitro benzene ring substituents is 1. The lowest BCUT2D eigenvalue weighted by molar-refractivity contribution is -0.384. The smallest absolute Gasteiger partial charge is 0.269 e. The molecule has 1 amide bonds. The quantitative estimate of drug-likeness (QED) is 0.513. The number of anilines is 1. The number of hydrogen-bond acceptors (Lipinski definition) is 6. The maximum atomic E-state index is 12.6. The van der Waals surface area contributed by atoms with Crippen molar-refractivity contribution in [3.05, 3.63) is 78.7 Å². The van der Waals surface area contributed by atoms with Crippen molar-refractivity contribution in [1.29, 1.82) is 0 Å². The first-order valence-electron chi connectivity index (χ1n) is 8.50. The Hall–Kier alpha value is -2.55. The Morgan fingerprint density at radius 2 is 2.00 bits per heavy atom. The largest absolute Gasteiger partial charge is 0.325 e. The van der Waals surface area contributed by atoms with Crippen molar-refractivity contribution < 1.29 is 9.72 Å². The molecule has 2 aromatic heterocycles. The summed E-state index contributed by atoms with van der Waals surface area (Å²) in [4.78, 5) is 27.7. The molecule has 1 unspecified atom stereocenters. The van der Waals surface area contributed by atoms with E-state index in [1.165, 1.54) is 27.5 Å². The standard InChI is InChI=1S/C19H17N3O3S2/c23-18(20-13-3-5-14(6-4-13)22(24)25)12-21-9-7-16-15(8-11-27-16)19(21)17-2-1-10-26-17/h1-6,8,10-11,19H,7,9,12H2,(H,20,23). The van der Waals surface area contributed by atoms with Crippen LogP contribution in [0.15, 0.2) is 53.2 Å². The van der Waals surface area contributed by atoms with E-state index in [-0.39, 0.29) is 24.2 Å². The van der Waals surface area contributed by atoms with Gasteiger partial charge in [-0.2, -0.15) is 0 Å². The van der Waals surface area contributed by atoms with Crippen LogP contribution in [0, 0.1) is 10.1 Å². The van der Waals surface area contributed by atoms with E-state index < -0.39 is 4.92 Å². The summed E-state index contributed by atoms with van der Waals surface area (Å²) in [5, 5.41) is 17.8. The molecule has 3 aromatic rings. The van der Waals surface area contributed by atoms with E-state index in [1.807, 2.05) is 6.07 Å². The number of fused-ring (bicyclic) bond motifs is 1. The molecule has 1 aliphatic heterocycles. The molecule has 27 heavy (non-hydrogen) atoms. The molecule has 0 saturated carbocycles. The molecule has 8 heteroatoms. The van der Waals surface area contributed by atoms with Gasteiger partial charge in [-0.05, 0) is 47.0 Å². The van der Waals surface area contributed by atoms with E-state index in [4.69, 9.17) is 0 Å². The number of hydrogen-bond donors (Lipinski definition) is 1. The number of rotatable bonds is 5. The van der Waals surface area contributed by atoms with E-state index in [9.17, 15) is 14.9 Å². The SMILES string of the molecule is O=C(CN1CCc2sccc2C1c1cccs1)Nc1ccc([N+](=O)[O-])cc1. The van der Waals surface area contributed by atoms with Gasteiger partial charge in [-0.3, -0.25) is 19.8 Å². The van der Waals surface area contributed by atoms with Gasteiger partial charge in [-0.1, -0.05) is 6.07 Å². The average molecular weight is 399 g/mol. The van der Waals surface area contributed by atoms with Gasteiger partial charge in [-0.25, -0.2) is 0 Å². The highest BCUT2D eigenvalue weighted by atomic mass is 32.1. The Balaban J connectivity index is 1.49. The molecule has 0 saturated heterocycles. The molecule has 0 spiro atoms. The van der Waals surface area contributed by atoms with E-state index >= 15 is 0 Å². The third-order valence-electron chi connectivity index (χ3n) is 4.59. The molecule has 0 radical (unpaired) electrons. The van der Waals surface area contributed by atoms with E-state index in [1.54, 1.807) is 34.8 Å². The number of nitrogens with zero attached hydrogens (tertiary/aromatic N) is 2. The molecule has 6 nitrogen and oxygen atoms in total. The van der Waals surface area contributed by atoms with Crippen molar-refractivity contribution in [2.24, 2.45) is 0 Å². The normalized spacial score (nSPS) is 16.7. The summed E-state index contributed by atoms with van der Waals surface area (Å²) < 4.78 is 0. The Kier molecular flexibility index (Phi) is 5.02. The second-order valence-corrected chi connectivity index (χ2v) is 8.27. The van der Waals surface area contributed by atoms with Crippen LogP contribution in [0.5, 0.6) is 0 Å². The van der Waals surface area contributed by atoms with Crippen molar-refractivity contribution in [2.45, 2.75) is 12.5 Å². The lowest BCUT2D eigenvalue weighted by Crippen LogP contribution is -2.40. The number of thiophene rings is 2. The van der Waals surface area contributed by atoms with Gasteiger partial charge in [0.25, 0.3) is 5.69 Å².